The van der Waals surface area contributed by atoms with Crippen LogP contribution in [-0.2, 0) is 6.42 Å². The van der Waals surface area contributed by atoms with E-state index in [1.807, 2.05) is 12.4 Å². The first-order valence-electron chi connectivity index (χ1n) is 8.23. The molecule has 2 rings (SSSR count). The summed E-state index contributed by atoms with van der Waals surface area (Å²) in [6.45, 7) is 8.22. The van der Waals surface area contributed by atoms with E-state index in [9.17, 15) is 0 Å². The van der Waals surface area contributed by atoms with Gasteiger partial charge in [0.05, 0.1) is 0 Å². The van der Waals surface area contributed by atoms with Crippen LogP contribution in [0.1, 0.15) is 58.4 Å². The van der Waals surface area contributed by atoms with Gasteiger partial charge in [-0.2, -0.15) is 0 Å². The fourth-order valence-electron chi connectivity index (χ4n) is 3.33. The molecule has 20 heavy (non-hydrogen) atoms. The fourth-order valence-corrected chi connectivity index (χ4v) is 3.33. The Morgan fingerprint density at radius 3 is 2.50 bits per heavy atom. The molecule has 0 bridgehead atoms. The average Bonchev–Trinajstić information content (AvgIpc) is 2.45. The van der Waals surface area contributed by atoms with Crippen LogP contribution >= 0.6 is 0 Å². The van der Waals surface area contributed by atoms with Crippen LogP contribution in [0.2, 0.25) is 0 Å². The van der Waals surface area contributed by atoms with Crippen molar-refractivity contribution in [2.24, 2.45) is 11.3 Å². The van der Waals surface area contributed by atoms with Crippen LogP contribution in [0.4, 0.5) is 0 Å². The average molecular weight is 274 g/mol. The first-order chi connectivity index (χ1) is 9.61. The van der Waals surface area contributed by atoms with E-state index >= 15 is 0 Å². The number of nitrogens with zero attached hydrogens (tertiary/aromatic N) is 1. The van der Waals surface area contributed by atoms with Crippen LogP contribution in [-0.4, -0.2) is 17.6 Å². The lowest BCUT2D eigenvalue weighted by molar-refractivity contribution is 0.160. The first-order valence-corrected chi connectivity index (χ1v) is 8.23. The summed E-state index contributed by atoms with van der Waals surface area (Å²) < 4.78 is 0. The third-order valence-electron chi connectivity index (χ3n) is 4.81. The Kier molecular flexibility index (Phi) is 5.59. The van der Waals surface area contributed by atoms with Gasteiger partial charge in [-0.1, -0.05) is 20.8 Å². The van der Waals surface area contributed by atoms with Crippen LogP contribution in [0, 0.1) is 11.3 Å². The highest BCUT2D eigenvalue weighted by Crippen LogP contribution is 2.39. The number of rotatable bonds is 6. The van der Waals surface area contributed by atoms with E-state index in [2.05, 4.69) is 43.2 Å². The number of aromatic nitrogens is 1. The van der Waals surface area contributed by atoms with E-state index < -0.39 is 0 Å². The zero-order valence-electron chi connectivity index (χ0n) is 13.4. The molecule has 1 aliphatic carbocycles. The second-order valence-corrected chi connectivity index (χ2v) is 7.12. The number of nitrogens with one attached hydrogen (secondary N) is 1. The summed E-state index contributed by atoms with van der Waals surface area (Å²) in [6, 6.07) is 4.95. The lowest BCUT2D eigenvalue weighted by Gasteiger charge is -2.38. The highest BCUT2D eigenvalue weighted by molar-refractivity contribution is 5.12. The summed E-state index contributed by atoms with van der Waals surface area (Å²) in [4.78, 5) is 4.13. The lowest BCUT2D eigenvalue weighted by atomic mass is 9.70. The van der Waals surface area contributed by atoms with Gasteiger partial charge in [-0.15, -0.1) is 0 Å². The Morgan fingerprint density at radius 1 is 1.25 bits per heavy atom. The van der Waals surface area contributed by atoms with Crippen molar-refractivity contribution in [2.75, 3.05) is 6.54 Å². The van der Waals surface area contributed by atoms with Gasteiger partial charge in [-0.25, -0.2) is 0 Å². The zero-order chi connectivity index (χ0) is 14.4. The normalized spacial score (nSPS) is 20.8. The van der Waals surface area contributed by atoms with Crippen molar-refractivity contribution in [2.45, 2.75) is 65.3 Å². The minimum Gasteiger partial charge on any atom is -0.313 e. The Hall–Kier alpha value is -0.890. The SMILES string of the molecule is CCCNC(Cc1ccncc1)C1CCC(C)(C)CC1. The molecule has 0 aromatic carbocycles. The summed E-state index contributed by atoms with van der Waals surface area (Å²) in [5.41, 5.74) is 1.97. The zero-order valence-corrected chi connectivity index (χ0v) is 13.4. The van der Waals surface area contributed by atoms with Crippen molar-refractivity contribution in [3.05, 3.63) is 30.1 Å². The molecular formula is C18H30N2. The molecular weight excluding hydrogens is 244 g/mol. The van der Waals surface area contributed by atoms with Crippen LogP contribution in [0.5, 0.6) is 0 Å². The molecule has 2 heteroatoms. The summed E-state index contributed by atoms with van der Waals surface area (Å²) in [6.07, 6.45) is 11.7. The molecule has 0 aliphatic heterocycles. The van der Waals surface area contributed by atoms with Crippen molar-refractivity contribution in [1.82, 2.24) is 10.3 Å². The molecule has 1 aliphatic rings. The van der Waals surface area contributed by atoms with Gasteiger partial charge in [0.15, 0.2) is 0 Å². The van der Waals surface area contributed by atoms with Crippen LogP contribution in [0.15, 0.2) is 24.5 Å². The summed E-state index contributed by atoms with van der Waals surface area (Å²) >= 11 is 0. The second kappa shape index (κ2) is 7.21. The van der Waals surface area contributed by atoms with E-state index in [1.165, 1.54) is 37.7 Å². The van der Waals surface area contributed by atoms with Gasteiger partial charge in [-0.05, 0) is 74.1 Å². The first kappa shape index (κ1) is 15.5. The van der Waals surface area contributed by atoms with E-state index in [0.29, 0.717) is 11.5 Å². The molecule has 1 fully saturated rings. The lowest BCUT2D eigenvalue weighted by Crippen LogP contribution is -2.41. The molecule has 0 amide bonds. The van der Waals surface area contributed by atoms with E-state index in [4.69, 9.17) is 0 Å². The van der Waals surface area contributed by atoms with Crippen molar-refractivity contribution in [1.29, 1.82) is 0 Å². The Labute approximate surface area is 124 Å². The van der Waals surface area contributed by atoms with Gasteiger partial charge in [0.2, 0.25) is 0 Å². The molecule has 2 nitrogen and oxygen atoms in total. The molecule has 1 heterocycles. The Bertz CT molecular complexity index is 376. The molecule has 1 aromatic heterocycles. The largest absolute Gasteiger partial charge is 0.313 e. The predicted octanol–water partition coefficient (Wildman–Crippen LogP) is 4.21. The third kappa shape index (κ3) is 4.59. The topological polar surface area (TPSA) is 24.9 Å². The smallest absolute Gasteiger partial charge is 0.0270 e. The van der Waals surface area contributed by atoms with Crippen molar-refractivity contribution < 1.29 is 0 Å². The molecule has 1 saturated carbocycles. The standard InChI is InChI=1S/C18H30N2/c1-4-11-20-17(14-15-7-12-19-13-8-15)16-5-9-18(2,3)10-6-16/h7-8,12-13,16-17,20H,4-6,9-11,14H2,1-3H3. The second-order valence-electron chi connectivity index (χ2n) is 7.12. The highest BCUT2D eigenvalue weighted by atomic mass is 14.9. The minimum absolute atomic E-state index is 0.558. The van der Waals surface area contributed by atoms with E-state index in [1.54, 1.807) is 0 Å². The van der Waals surface area contributed by atoms with Crippen molar-refractivity contribution >= 4 is 0 Å². The van der Waals surface area contributed by atoms with Gasteiger partial charge in [0, 0.05) is 18.4 Å². The molecule has 0 spiro atoms. The molecule has 0 radical (unpaired) electrons. The maximum absolute atomic E-state index is 4.13. The quantitative estimate of drug-likeness (QED) is 0.840. The number of pyridine rings is 1. The molecule has 1 atom stereocenters. The third-order valence-corrected chi connectivity index (χ3v) is 4.81. The number of hydrogen-bond acceptors (Lipinski definition) is 2. The minimum atomic E-state index is 0.558. The van der Waals surface area contributed by atoms with Gasteiger partial charge in [0.25, 0.3) is 0 Å². The van der Waals surface area contributed by atoms with Crippen LogP contribution in [0.3, 0.4) is 0 Å². The highest BCUT2D eigenvalue weighted by Gasteiger charge is 2.31. The van der Waals surface area contributed by atoms with Gasteiger partial charge in [0.1, 0.15) is 0 Å². The summed E-state index contributed by atoms with van der Waals surface area (Å²) in [7, 11) is 0. The maximum atomic E-state index is 4.13. The predicted molar refractivity (Wildman–Crippen MR) is 85.8 cm³/mol. The van der Waals surface area contributed by atoms with Crippen LogP contribution < -0.4 is 5.32 Å². The number of hydrogen-bond donors (Lipinski definition) is 1. The van der Waals surface area contributed by atoms with Gasteiger partial charge < -0.3 is 5.32 Å². The van der Waals surface area contributed by atoms with Crippen molar-refractivity contribution in [3.8, 4) is 0 Å². The fraction of sp³-hybridized carbons (Fsp3) is 0.722. The van der Waals surface area contributed by atoms with E-state index in [0.717, 1.165) is 18.9 Å². The van der Waals surface area contributed by atoms with Crippen molar-refractivity contribution in [3.63, 3.8) is 0 Å². The molecule has 1 aromatic rings. The van der Waals surface area contributed by atoms with E-state index in [-0.39, 0.29) is 0 Å². The summed E-state index contributed by atoms with van der Waals surface area (Å²) in [5, 5.41) is 3.79. The van der Waals surface area contributed by atoms with Gasteiger partial charge >= 0.3 is 0 Å². The molecule has 0 saturated heterocycles. The summed E-state index contributed by atoms with van der Waals surface area (Å²) in [5.74, 6) is 0.836. The Balaban J connectivity index is 1.96. The molecule has 112 valence electrons. The Morgan fingerprint density at radius 2 is 1.90 bits per heavy atom. The molecule has 1 unspecified atom stereocenters. The molecule has 1 N–H and O–H groups in total. The monoisotopic (exact) mass is 274 g/mol. The van der Waals surface area contributed by atoms with Crippen LogP contribution in [0.25, 0.3) is 0 Å². The van der Waals surface area contributed by atoms with Gasteiger partial charge in [-0.3, -0.25) is 4.98 Å². The maximum Gasteiger partial charge on any atom is 0.0270 e.